The van der Waals surface area contributed by atoms with Crippen molar-refractivity contribution in [2.45, 2.75) is 26.2 Å². The predicted octanol–water partition coefficient (Wildman–Crippen LogP) is 2.57. The Morgan fingerprint density at radius 3 is 2.55 bits per heavy atom. The van der Waals surface area contributed by atoms with Gasteiger partial charge >= 0.3 is 11.8 Å². The smallest absolute Gasteiger partial charge is 0.304 e. The molecule has 0 saturated carbocycles. The van der Waals surface area contributed by atoms with Gasteiger partial charge in [-0.1, -0.05) is 17.7 Å². The van der Waals surface area contributed by atoms with Crippen molar-refractivity contribution in [2.75, 3.05) is 0 Å². The van der Waals surface area contributed by atoms with Crippen LogP contribution in [0.1, 0.15) is 35.1 Å². The van der Waals surface area contributed by atoms with Gasteiger partial charge in [-0.25, -0.2) is 8.96 Å². The van der Waals surface area contributed by atoms with Gasteiger partial charge in [-0.3, -0.25) is 4.79 Å². The van der Waals surface area contributed by atoms with Crippen molar-refractivity contribution in [1.82, 2.24) is 4.73 Å². The molecule has 0 spiro atoms. The first kappa shape index (κ1) is 16.3. The second kappa shape index (κ2) is 5.96. The zero-order chi connectivity index (χ0) is 16.6. The maximum absolute atomic E-state index is 13.2. The minimum atomic E-state index is -1.04. The zero-order valence-electron chi connectivity index (χ0n) is 12.5. The lowest BCUT2D eigenvalue weighted by Crippen LogP contribution is -2.37. The van der Waals surface area contributed by atoms with Gasteiger partial charge in [-0.2, -0.15) is 0 Å². The Morgan fingerprint density at radius 1 is 1.45 bits per heavy atom. The van der Waals surface area contributed by atoms with E-state index in [9.17, 15) is 19.5 Å². The first-order chi connectivity index (χ1) is 10.2. The third-order valence-electron chi connectivity index (χ3n) is 3.93. The molecule has 2 rings (SSSR count). The standard InChI is InChI=1S/C15H16ClFN2O3/c1-8-9(2)19(22)15(18(8)3)12(7-14(20)21)11-5-4-10(17)6-13(11)16/h4-6,12H,7H2,1-3H3,(H-,20,21,22)/p+1. The van der Waals surface area contributed by atoms with Gasteiger partial charge in [0.1, 0.15) is 17.4 Å². The Kier molecular flexibility index (Phi) is 4.42. The lowest BCUT2D eigenvalue weighted by atomic mass is 9.94. The Bertz CT molecular complexity index is 717. The van der Waals surface area contributed by atoms with Crippen molar-refractivity contribution in [3.8, 4) is 0 Å². The number of carbonyl (C=O) groups is 1. The van der Waals surface area contributed by atoms with Crippen LogP contribution in [0.2, 0.25) is 5.02 Å². The SMILES string of the molecule is Cc1c(C)[n+](C)c(C(CC(=O)O)c2ccc(F)cc2Cl)n1O. The van der Waals surface area contributed by atoms with E-state index in [1.807, 2.05) is 6.92 Å². The maximum atomic E-state index is 13.2. The number of halogens is 2. The predicted molar refractivity (Wildman–Crippen MR) is 77.8 cm³/mol. The van der Waals surface area contributed by atoms with Gasteiger partial charge in [0.2, 0.25) is 0 Å². The second-order valence-corrected chi connectivity index (χ2v) is 5.62. The molecule has 1 heterocycles. The molecular weight excluding hydrogens is 311 g/mol. The number of hydrogen-bond acceptors (Lipinski definition) is 2. The number of aliphatic carboxylic acids is 1. The van der Waals surface area contributed by atoms with E-state index in [1.54, 1.807) is 18.5 Å². The van der Waals surface area contributed by atoms with E-state index in [0.717, 1.165) is 16.5 Å². The molecule has 5 nitrogen and oxygen atoms in total. The third-order valence-corrected chi connectivity index (χ3v) is 4.26. The van der Waals surface area contributed by atoms with E-state index in [1.165, 1.54) is 12.1 Å². The number of nitrogens with zero attached hydrogens (tertiary/aromatic N) is 2. The van der Waals surface area contributed by atoms with Gasteiger partial charge in [0.15, 0.2) is 5.69 Å². The van der Waals surface area contributed by atoms with Gasteiger partial charge in [0.25, 0.3) is 0 Å². The summed E-state index contributed by atoms with van der Waals surface area (Å²) in [5.41, 5.74) is 1.85. The van der Waals surface area contributed by atoms with Gasteiger partial charge in [0.05, 0.1) is 13.5 Å². The third kappa shape index (κ3) is 2.78. The number of carboxylic acids is 1. The van der Waals surface area contributed by atoms with Crippen LogP contribution < -0.4 is 4.57 Å². The molecule has 0 amide bonds. The molecule has 7 heteroatoms. The van der Waals surface area contributed by atoms with E-state index in [4.69, 9.17) is 11.6 Å². The summed E-state index contributed by atoms with van der Waals surface area (Å²) in [6.45, 7) is 3.54. The number of carboxylic acid groups (broad SMARTS) is 1. The Hall–Kier alpha value is -2.08. The van der Waals surface area contributed by atoms with Gasteiger partial charge in [-0.05, 0) is 22.4 Å². The highest BCUT2D eigenvalue weighted by Crippen LogP contribution is 2.32. The van der Waals surface area contributed by atoms with Crippen LogP contribution in [0.5, 0.6) is 0 Å². The number of hydrogen-bond donors (Lipinski definition) is 2. The molecule has 118 valence electrons. The molecule has 2 aromatic rings. The zero-order valence-corrected chi connectivity index (χ0v) is 13.2. The van der Waals surface area contributed by atoms with E-state index >= 15 is 0 Å². The van der Waals surface area contributed by atoms with Crippen molar-refractivity contribution in [1.29, 1.82) is 0 Å². The van der Waals surface area contributed by atoms with E-state index in [2.05, 4.69) is 0 Å². The van der Waals surface area contributed by atoms with Crippen molar-refractivity contribution < 1.29 is 24.1 Å². The van der Waals surface area contributed by atoms with Gasteiger partial charge in [-0.15, -0.1) is 0 Å². The number of rotatable bonds is 4. The van der Waals surface area contributed by atoms with Gasteiger partial charge in [0, 0.05) is 18.9 Å². The molecule has 22 heavy (non-hydrogen) atoms. The summed E-state index contributed by atoms with van der Waals surface area (Å²) in [4.78, 5) is 11.2. The summed E-state index contributed by atoms with van der Waals surface area (Å²) in [6.07, 6.45) is -0.275. The highest BCUT2D eigenvalue weighted by atomic mass is 35.5. The van der Waals surface area contributed by atoms with Crippen molar-refractivity contribution in [2.24, 2.45) is 7.05 Å². The largest absolute Gasteiger partial charge is 0.481 e. The van der Waals surface area contributed by atoms with Crippen LogP contribution in [0.25, 0.3) is 0 Å². The molecule has 2 N–H and O–H groups in total. The van der Waals surface area contributed by atoms with Crippen LogP contribution in [0.15, 0.2) is 18.2 Å². The molecule has 0 aliphatic heterocycles. The Labute approximate surface area is 132 Å². The molecule has 0 bridgehead atoms. The van der Waals surface area contributed by atoms with Crippen LogP contribution in [-0.4, -0.2) is 21.0 Å². The van der Waals surface area contributed by atoms with E-state index in [-0.39, 0.29) is 11.4 Å². The van der Waals surface area contributed by atoms with Gasteiger partial charge < -0.3 is 10.3 Å². The minimum absolute atomic E-state index is 0.128. The molecule has 1 aromatic carbocycles. The fraction of sp³-hybridized carbons (Fsp3) is 0.333. The molecule has 1 unspecified atom stereocenters. The summed E-state index contributed by atoms with van der Waals surface area (Å²) < 4.78 is 15.9. The highest BCUT2D eigenvalue weighted by molar-refractivity contribution is 6.31. The molecule has 0 saturated heterocycles. The first-order valence-electron chi connectivity index (χ1n) is 6.67. The molecule has 0 radical (unpaired) electrons. The molecule has 1 aromatic heterocycles. The Morgan fingerprint density at radius 2 is 2.09 bits per heavy atom. The first-order valence-corrected chi connectivity index (χ1v) is 7.05. The summed E-state index contributed by atoms with van der Waals surface area (Å²) >= 11 is 6.08. The molecule has 0 aliphatic rings. The minimum Gasteiger partial charge on any atom is -0.481 e. The monoisotopic (exact) mass is 327 g/mol. The number of benzene rings is 1. The van der Waals surface area contributed by atoms with Crippen LogP contribution >= 0.6 is 11.6 Å². The van der Waals surface area contributed by atoms with Crippen LogP contribution in [0.4, 0.5) is 4.39 Å². The average Bonchev–Trinajstić information content (AvgIpc) is 2.61. The number of aromatic nitrogens is 2. The van der Waals surface area contributed by atoms with E-state index in [0.29, 0.717) is 17.1 Å². The molecule has 0 fully saturated rings. The fourth-order valence-electron chi connectivity index (χ4n) is 2.56. The van der Waals surface area contributed by atoms with Crippen LogP contribution in [0, 0.1) is 19.7 Å². The Balaban J connectivity index is 2.66. The fourth-order valence-corrected chi connectivity index (χ4v) is 2.86. The number of imidazole rings is 1. The normalized spacial score (nSPS) is 12.4. The van der Waals surface area contributed by atoms with E-state index < -0.39 is 17.7 Å². The van der Waals surface area contributed by atoms with Crippen LogP contribution in [-0.2, 0) is 11.8 Å². The summed E-state index contributed by atoms with van der Waals surface area (Å²) in [7, 11) is 1.73. The topological polar surface area (TPSA) is 66.3 Å². The van der Waals surface area contributed by atoms with Crippen molar-refractivity contribution in [3.63, 3.8) is 0 Å². The quantitative estimate of drug-likeness (QED) is 0.670. The van der Waals surface area contributed by atoms with Crippen molar-refractivity contribution >= 4 is 17.6 Å². The summed E-state index contributed by atoms with van der Waals surface area (Å²) in [5, 5.41) is 19.6. The average molecular weight is 328 g/mol. The summed E-state index contributed by atoms with van der Waals surface area (Å²) in [5.74, 6) is -1.86. The second-order valence-electron chi connectivity index (χ2n) is 5.22. The highest BCUT2D eigenvalue weighted by Gasteiger charge is 2.35. The molecule has 0 aliphatic carbocycles. The lowest BCUT2D eigenvalue weighted by molar-refractivity contribution is -0.686. The summed E-state index contributed by atoms with van der Waals surface area (Å²) in [6, 6.07) is 3.81. The van der Waals surface area contributed by atoms with Crippen molar-refractivity contribution in [3.05, 3.63) is 51.8 Å². The molecular formula is C15H17ClFN2O3+. The maximum Gasteiger partial charge on any atom is 0.304 e. The van der Waals surface area contributed by atoms with Crippen LogP contribution in [0.3, 0.4) is 0 Å². The lowest BCUT2D eigenvalue weighted by Gasteiger charge is -2.14. The molecule has 1 atom stereocenters.